The van der Waals surface area contributed by atoms with Gasteiger partial charge in [-0.3, -0.25) is 0 Å². The molecule has 6 heteroatoms. The van der Waals surface area contributed by atoms with Gasteiger partial charge in [0.2, 0.25) is 0 Å². The lowest BCUT2D eigenvalue weighted by Gasteiger charge is -2.07. The SMILES string of the molecule is CCOC=Nc1ccc(C(F)(F)F)cc1C#N. The van der Waals surface area contributed by atoms with Crippen molar-refractivity contribution in [3.05, 3.63) is 29.3 Å². The van der Waals surface area contributed by atoms with Crippen LogP contribution in [0.5, 0.6) is 0 Å². The molecular weight excluding hydrogens is 233 g/mol. The first-order valence-corrected chi connectivity index (χ1v) is 4.74. The second-order valence-electron chi connectivity index (χ2n) is 3.03. The second-order valence-corrected chi connectivity index (χ2v) is 3.03. The summed E-state index contributed by atoms with van der Waals surface area (Å²) in [5, 5.41) is 8.73. The van der Waals surface area contributed by atoms with Crippen molar-refractivity contribution in [2.75, 3.05) is 6.61 Å². The summed E-state index contributed by atoms with van der Waals surface area (Å²) in [5.74, 6) is 0. The third kappa shape index (κ3) is 3.48. The van der Waals surface area contributed by atoms with E-state index in [2.05, 4.69) is 4.99 Å². The van der Waals surface area contributed by atoms with E-state index in [0.717, 1.165) is 24.6 Å². The number of alkyl halides is 3. The van der Waals surface area contributed by atoms with Crippen LogP contribution >= 0.6 is 0 Å². The Morgan fingerprint density at radius 3 is 2.71 bits per heavy atom. The molecule has 0 aliphatic carbocycles. The van der Waals surface area contributed by atoms with Crippen molar-refractivity contribution in [1.82, 2.24) is 0 Å². The Morgan fingerprint density at radius 1 is 1.47 bits per heavy atom. The zero-order valence-corrected chi connectivity index (χ0v) is 8.95. The molecule has 0 fully saturated rings. The molecule has 1 aromatic rings. The number of rotatable bonds is 3. The highest BCUT2D eigenvalue weighted by atomic mass is 19.4. The number of halogens is 3. The summed E-state index contributed by atoms with van der Waals surface area (Å²) in [6.45, 7) is 2.13. The van der Waals surface area contributed by atoms with E-state index in [0.29, 0.717) is 6.61 Å². The fraction of sp³-hybridized carbons (Fsp3) is 0.273. The molecule has 17 heavy (non-hydrogen) atoms. The summed E-state index contributed by atoms with van der Waals surface area (Å²) in [7, 11) is 0. The molecule has 0 radical (unpaired) electrons. The first-order valence-electron chi connectivity index (χ1n) is 4.74. The molecule has 0 unspecified atom stereocenters. The van der Waals surface area contributed by atoms with E-state index in [1.165, 1.54) is 0 Å². The first-order chi connectivity index (χ1) is 7.99. The van der Waals surface area contributed by atoms with Gasteiger partial charge >= 0.3 is 6.18 Å². The van der Waals surface area contributed by atoms with Crippen LogP contribution in [0.1, 0.15) is 18.1 Å². The van der Waals surface area contributed by atoms with Crippen molar-refractivity contribution in [2.24, 2.45) is 4.99 Å². The van der Waals surface area contributed by atoms with Crippen LogP contribution in [-0.4, -0.2) is 13.0 Å². The van der Waals surface area contributed by atoms with Gasteiger partial charge < -0.3 is 4.74 Å². The molecule has 0 heterocycles. The van der Waals surface area contributed by atoms with Gasteiger partial charge in [0.05, 0.1) is 23.4 Å². The summed E-state index contributed by atoms with van der Waals surface area (Å²) in [6.07, 6.45) is -3.36. The predicted octanol–water partition coefficient (Wildman–Crippen LogP) is 3.27. The average molecular weight is 242 g/mol. The number of benzene rings is 1. The van der Waals surface area contributed by atoms with E-state index < -0.39 is 11.7 Å². The minimum Gasteiger partial charge on any atom is -0.483 e. The van der Waals surface area contributed by atoms with Crippen molar-refractivity contribution >= 4 is 12.1 Å². The van der Waals surface area contributed by atoms with E-state index in [9.17, 15) is 13.2 Å². The number of nitriles is 1. The van der Waals surface area contributed by atoms with Crippen LogP contribution in [-0.2, 0) is 10.9 Å². The fourth-order valence-electron chi connectivity index (χ4n) is 1.08. The topological polar surface area (TPSA) is 45.4 Å². The molecule has 90 valence electrons. The smallest absolute Gasteiger partial charge is 0.416 e. The number of hydrogen-bond acceptors (Lipinski definition) is 3. The van der Waals surface area contributed by atoms with Gasteiger partial charge in [0.25, 0.3) is 0 Å². The van der Waals surface area contributed by atoms with Gasteiger partial charge in [-0.25, -0.2) is 4.99 Å². The highest BCUT2D eigenvalue weighted by molar-refractivity contribution is 5.62. The molecule has 0 aliphatic rings. The van der Waals surface area contributed by atoms with E-state index in [4.69, 9.17) is 10.00 Å². The van der Waals surface area contributed by atoms with Crippen LogP contribution < -0.4 is 0 Å². The summed E-state index contributed by atoms with van der Waals surface area (Å²) in [5.41, 5.74) is -0.867. The lowest BCUT2D eigenvalue weighted by molar-refractivity contribution is -0.137. The summed E-state index contributed by atoms with van der Waals surface area (Å²) >= 11 is 0. The van der Waals surface area contributed by atoms with Gasteiger partial charge in [0.15, 0.2) is 6.40 Å². The largest absolute Gasteiger partial charge is 0.483 e. The molecule has 0 aromatic heterocycles. The Morgan fingerprint density at radius 2 is 2.18 bits per heavy atom. The molecule has 0 atom stereocenters. The molecule has 0 spiro atoms. The molecule has 1 rings (SSSR count). The lowest BCUT2D eigenvalue weighted by Crippen LogP contribution is -2.04. The van der Waals surface area contributed by atoms with Crippen molar-refractivity contribution in [3.63, 3.8) is 0 Å². The minimum atomic E-state index is -4.46. The molecule has 0 amide bonds. The minimum absolute atomic E-state index is 0.143. The standard InChI is InChI=1S/C11H9F3N2O/c1-2-17-7-16-10-4-3-9(11(12,13)14)5-8(10)6-15/h3-5,7H,2H2,1H3. The maximum atomic E-state index is 12.4. The number of aliphatic imine (C=N–C) groups is 1. The molecule has 0 aliphatic heterocycles. The molecule has 0 saturated heterocycles. The van der Waals surface area contributed by atoms with Crippen LogP contribution in [0.2, 0.25) is 0 Å². The Hall–Kier alpha value is -2.03. The zero-order chi connectivity index (χ0) is 12.9. The van der Waals surface area contributed by atoms with E-state index in [1.807, 2.05) is 0 Å². The maximum absolute atomic E-state index is 12.4. The summed E-state index contributed by atoms with van der Waals surface area (Å²) in [6, 6.07) is 4.44. The average Bonchev–Trinajstić information content (AvgIpc) is 2.28. The normalized spacial score (nSPS) is 11.5. The van der Waals surface area contributed by atoms with Gasteiger partial charge in [-0.15, -0.1) is 0 Å². The maximum Gasteiger partial charge on any atom is 0.416 e. The van der Waals surface area contributed by atoms with Crippen LogP contribution in [0.15, 0.2) is 23.2 Å². The van der Waals surface area contributed by atoms with Gasteiger partial charge in [0, 0.05) is 0 Å². The third-order valence-corrected chi connectivity index (χ3v) is 1.88. The van der Waals surface area contributed by atoms with E-state index in [-0.39, 0.29) is 11.3 Å². The number of ether oxygens (including phenoxy) is 1. The fourth-order valence-corrected chi connectivity index (χ4v) is 1.08. The Labute approximate surface area is 96.2 Å². The van der Waals surface area contributed by atoms with Crippen molar-refractivity contribution in [1.29, 1.82) is 5.26 Å². The second kappa shape index (κ2) is 5.34. The molecule has 1 aromatic carbocycles. The van der Waals surface area contributed by atoms with Crippen LogP contribution in [0, 0.1) is 11.3 Å². The molecule has 0 bridgehead atoms. The number of nitrogens with zero attached hydrogens (tertiary/aromatic N) is 2. The van der Waals surface area contributed by atoms with Gasteiger partial charge in [0.1, 0.15) is 6.07 Å². The van der Waals surface area contributed by atoms with Gasteiger partial charge in [-0.05, 0) is 25.1 Å². The zero-order valence-electron chi connectivity index (χ0n) is 8.95. The predicted molar refractivity (Wildman–Crippen MR) is 55.9 cm³/mol. The molecule has 3 nitrogen and oxygen atoms in total. The van der Waals surface area contributed by atoms with Crippen LogP contribution in [0.25, 0.3) is 0 Å². The van der Waals surface area contributed by atoms with E-state index >= 15 is 0 Å². The third-order valence-electron chi connectivity index (χ3n) is 1.88. The summed E-state index contributed by atoms with van der Waals surface area (Å²) < 4.78 is 41.9. The van der Waals surface area contributed by atoms with Crippen LogP contribution in [0.4, 0.5) is 18.9 Å². The molecule has 0 saturated carbocycles. The Kier molecular flexibility index (Phi) is 4.10. The van der Waals surface area contributed by atoms with E-state index in [1.54, 1.807) is 13.0 Å². The lowest BCUT2D eigenvalue weighted by atomic mass is 10.1. The molecular formula is C11H9F3N2O. The van der Waals surface area contributed by atoms with Crippen LogP contribution in [0.3, 0.4) is 0 Å². The monoisotopic (exact) mass is 242 g/mol. The Balaban J connectivity index is 3.07. The Bertz CT molecular complexity index is 461. The molecule has 0 N–H and O–H groups in total. The van der Waals surface area contributed by atoms with Crippen molar-refractivity contribution in [2.45, 2.75) is 13.1 Å². The first kappa shape index (κ1) is 13.0. The highest BCUT2D eigenvalue weighted by Gasteiger charge is 2.30. The highest BCUT2D eigenvalue weighted by Crippen LogP contribution is 2.32. The number of hydrogen-bond donors (Lipinski definition) is 0. The quantitative estimate of drug-likeness (QED) is 0.603. The van der Waals surface area contributed by atoms with Gasteiger partial charge in [-0.1, -0.05) is 0 Å². The van der Waals surface area contributed by atoms with Crippen molar-refractivity contribution in [3.8, 4) is 6.07 Å². The van der Waals surface area contributed by atoms with Gasteiger partial charge in [-0.2, -0.15) is 18.4 Å². The van der Waals surface area contributed by atoms with Crippen molar-refractivity contribution < 1.29 is 17.9 Å². The summed E-state index contributed by atoms with van der Waals surface area (Å²) in [4.78, 5) is 3.75.